The predicted octanol–water partition coefficient (Wildman–Crippen LogP) is 19.1. The highest BCUT2D eigenvalue weighted by Crippen LogP contribution is 2.70. The van der Waals surface area contributed by atoms with Gasteiger partial charge in [0.25, 0.3) is 0 Å². The number of benzene rings is 11. The maximum absolute atomic E-state index is 4.38. The van der Waals surface area contributed by atoms with Crippen molar-refractivity contribution in [3.05, 3.63) is 248 Å². The normalized spacial score (nSPS) is 20.2. The largest absolute Gasteiger partial charge is 0.310 e. The molecule has 0 N–H and O–H groups in total. The fraction of sp³-hybridized carbons (Fsp3) is 0.141. The van der Waals surface area contributed by atoms with E-state index in [-0.39, 0.29) is 5.41 Å². The maximum atomic E-state index is 4.38. The third-order valence-corrected chi connectivity index (χ3v) is 18.2. The minimum atomic E-state index is 0.0489. The Bertz CT molecular complexity index is 4130. The highest BCUT2D eigenvalue weighted by molar-refractivity contribution is 6.28. The van der Waals surface area contributed by atoms with Gasteiger partial charge in [0.2, 0.25) is 0 Å². The van der Waals surface area contributed by atoms with Gasteiger partial charge in [-0.1, -0.05) is 140 Å². The fourth-order valence-corrected chi connectivity index (χ4v) is 15.4. The van der Waals surface area contributed by atoms with Crippen molar-refractivity contribution in [2.24, 2.45) is 23.7 Å². The molecule has 12 aromatic rings. The molecule has 0 unspecified atom stereocenters. The van der Waals surface area contributed by atoms with Crippen molar-refractivity contribution >= 4 is 77.2 Å². The lowest BCUT2D eigenvalue weighted by Gasteiger charge is -2.61. The number of hydrogen-bond acceptors (Lipinski definition) is 3. The van der Waals surface area contributed by atoms with Crippen molar-refractivity contribution in [1.82, 2.24) is 4.98 Å². The van der Waals surface area contributed by atoms with Crippen LogP contribution in [0.4, 0.5) is 34.1 Å². The smallest absolute Gasteiger partial charge is 0.0540 e. The second-order valence-electron chi connectivity index (χ2n) is 21.9. The van der Waals surface area contributed by atoms with Gasteiger partial charge in [-0.3, -0.25) is 4.98 Å². The Morgan fingerprint density at radius 3 is 1.54 bits per heavy atom. The Morgan fingerprint density at radius 1 is 0.338 bits per heavy atom. The average molecular weight is 948 g/mol. The molecule has 0 atom stereocenters. The molecule has 5 aliphatic rings. The molecule has 4 bridgehead atoms. The quantitative estimate of drug-likeness (QED) is 0.142. The molecule has 4 fully saturated rings. The third kappa shape index (κ3) is 6.23. The molecule has 11 aromatic carbocycles. The predicted molar refractivity (Wildman–Crippen MR) is 309 cm³/mol. The Kier molecular flexibility index (Phi) is 9.22. The zero-order chi connectivity index (χ0) is 48.5. The molecule has 0 aliphatic heterocycles. The molecule has 0 radical (unpaired) electrons. The number of aromatic nitrogens is 1. The summed E-state index contributed by atoms with van der Waals surface area (Å²) >= 11 is 0. The van der Waals surface area contributed by atoms with E-state index in [1.807, 2.05) is 12.4 Å². The number of pyridine rings is 1. The first-order chi connectivity index (χ1) is 36.6. The fourth-order valence-electron chi connectivity index (χ4n) is 15.4. The molecule has 352 valence electrons. The zero-order valence-corrected chi connectivity index (χ0v) is 41.2. The molecule has 74 heavy (non-hydrogen) atoms. The van der Waals surface area contributed by atoms with Gasteiger partial charge in [0, 0.05) is 51.3 Å². The molecule has 5 aliphatic carbocycles. The minimum absolute atomic E-state index is 0.0489. The molecule has 0 amide bonds. The van der Waals surface area contributed by atoms with Gasteiger partial charge in [-0.15, -0.1) is 0 Å². The van der Waals surface area contributed by atoms with Gasteiger partial charge < -0.3 is 9.80 Å². The second-order valence-corrected chi connectivity index (χ2v) is 21.9. The summed E-state index contributed by atoms with van der Waals surface area (Å²) in [6.45, 7) is 0. The molecular weight excluding hydrogens is 895 g/mol. The Morgan fingerprint density at radius 2 is 0.878 bits per heavy atom. The molecule has 0 saturated heterocycles. The third-order valence-electron chi connectivity index (χ3n) is 18.2. The van der Waals surface area contributed by atoms with Gasteiger partial charge in [-0.2, -0.15) is 0 Å². The Balaban J connectivity index is 0.870. The second kappa shape index (κ2) is 16.2. The summed E-state index contributed by atoms with van der Waals surface area (Å²) in [5.74, 6) is 3.12. The van der Waals surface area contributed by atoms with E-state index < -0.39 is 0 Å². The molecule has 1 spiro atoms. The van der Waals surface area contributed by atoms with Gasteiger partial charge in [0.05, 0.1) is 11.4 Å². The van der Waals surface area contributed by atoms with Crippen LogP contribution in [0.5, 0.6) is 0 Å². The molecule has 1 heterocycles. The van der Waals surface area contributed by atoms with Crippen molar-refractivity contribution in [1.29, 1.82) is 0 Å². The van der Waals surface area contributed by atoms with Crippen molar-refractivity contribution in [2.75, 3.05) is 9.80 Å². The SMILES string of the molecule is c1ccc(N(c2cccc(-c3ccc4ccccc4c3)c2)c2ccc3ccc4c(N(c5ccccc5)c5ccc6c(c5)-c5ccc(-c7ccncc7)cc5C65C6CC7CC(C6)CC5C7)ccc5ccc2c3c54)cc1. The summed E-state index contributed by atoms with van der Waals surface area (Å²) in [6.07, 6.45) is 10.7. The monoisotopic (exact) mass is 947 g/mol. The van der Waals surface area contributed by atoms with E-state index in [0.29, 0.717) is 11.8 Å². The molecule has 3 nitrogen and oxygen atoms in total. The van der Waals surface area contributed by atoms with Crippen LogP contribution >= 0.6 is 0 Å². The van der Waals surface area contributed by atoms with Gasteiger partial charge in [0.15, 0.2) is 0 Å². The van der Waals surface area contributed by atoms with Gasteiger partial charge in [-0.25, -0.2) is 0 Å². The average Bonchev–Trinajstić information content (AvgIpc) is 3.90. The van der Waals surface area contributed by atoms with Crippen molar-refractivity contribution in [2.45, 2.75) is 37.5 Å². The summed E-state index contributed by atoms with van der Waals surface area (Å²) in [7, 11) is 0. The van der Waals surface area contributed by atoms with E-state index >= 15 is 0 Å². The minimum Gasteiger partial charge on any atom is -0.310 e. The van der Waals surface area contributed by atoms with E-state index in [9.17, 15) is 0 Å². The lowest BCUT2D eigenvalue weighted by molar-refractivity contribution is -0.0399. The van der Waals surface area contributed by atoms with E-state index in [1.54, 1.807) is 11.1 Å². The van der Waals surface area contributed by atoms with E-state index in [4.69, 9.17) is 0 Å². The highest BCUT2D eigenvalue weighted by atomic mass is 15.1. The molecule has 1 aromatic heterocycles. The molecule has 4 saturated carbocycles. The summed E-state index contributed by atoms with van der Waals surface area (Å²) in [6, 6.07) is 84.6. The molecular formula is C71H53N3. The van der Waals surface area contributed by atoms with Crippen LogP contribution in [-0.4, -0.2) is 4.98 Å². The Labute approximate surface area is 432 Å². The lowest BCUT2D eigenvalue weighted by atomic mass is 9.43. The standard InChI is InChI=1S/C71H53N3/c1-3-13-57(14-4-1)73(59-17-9-12-52(42-59)53-19-18-47-10-7-8-11-51(47)41-53)67-30-23-49-21-28-63-68(31-24-50-20-27-62(67)69(49)70(50)63)74(58-15-5-2-6-16-58)60-25-29-65-64(44-60)61-26-22-54(48-32-34-72-35-33-48)43-66(61)71(65)55-37-45-36-46(39-55)40-56(71)38-45/h1-35,41-46,55-56H,36-40H2. The van der Waals surface area contributed by atoms with Crippen LogP contribution in [0.2, 0.25) is 0 Å². The first kappa shape index (κ1) is 42.0. The molecule has 17 rings (SSSR count). The zero-order valence-electron chi connectivity index (χ0n) is 41.2. The number of nitrogens with zero attached hydrogens (tertiary/aromatic N) is 3. The Hall–Kier alpha value is -8.53. The summed E-state index contributed by atoms with van der Waals surface area (Å²) in [5, 5.41) is 10.0. The maximum Gasteiger partial charge on any atom is 0.0540 e. The number of para-hydroxylation sites is 2. The highest BCUT2D eigenvalue weighted by Gasteiger charge is 2.61. The molecule has 3 heteroatoms. The van der Waals surface area contributed by atoms with Crippen LogP contribution in [0.1, 0.15) is 43.2 Å². The topological polar surface area (TPSA) is 19.4 Å². The van der Waals surface area contributed by atoms with Crippen molar-refractivity contribution in [3.8, 4) is 33.4 Å². The van der Waals surface area contributed by atoms with Crippen LogP contribution < -0.4 is 9.80 Å². The summed E-state index contributed by atoms with van der Waals surface area (Å²) < 4.78 is 0. The van der Waals surface area contributed by atoms with Crippen molar-refractivity contribution < 1.29 is 0 Å². The summed E-state index contributed by atoms with van der Waals surface area (Å²) in [5.41, 5.74) is 17.9. The van der Waals surface area contributed by atoms with E-state index in [2.05, 4.69) is 239 Å². The van der Waals surface area contributed by atoms with Gasteiger partial charge in [-0.05, 0) is 218 Å². The van der Waals surface area contributed by atoms with Crippen LogP contribution in [0, 0.1) is 23.7 Å². The van der Waals surface area contributed by atoms with Crippen molar-refractivity contribution in [3.63, 3.8) is 0 Å². The van der Waals surface area contributed by atoms with Crippen LogP contribution in [-0.2, 0) is 5.41 Å². The first-order valence-electron chi connectivity index (χ1n) is 26.8. The number of rotatable bonds is 8. The van der Waals surface area contributed by atoms with Crippen LogP contribution in [0.3, 0.4) is 0 Å². The van der Waals surface area contributed by atoms with Crippen LogP contribution in [0.15, 0.2) is 237 Å². The van der Waals surface area contributed by atoms with Gasteiger partial charge in [0.1, 0.15) is 0 Å². The number of hydrogen-bond donors (Lipinski definition) is 0. The van der Waals surface area contributed by atoms with E-state index in [1.165, 1.54) is 120 Å². The lowest BCUT2D eigenvalue weighted by Crippen LogP contribution is -2.55. The van der Waals surface area contributed by atoms with Crippen LogP contribution in [0.25, 0.3) is 76.5 Å². The number of anilines is 6. The van der Waals surface area contributed by atoms with Gasteiger partial charge >= 0.3 is 0 Å². The summed E-state index contributed by atoms with van der Waals surface area (Å²) in [4.78, 5) is 9.37. The number of fused-ring (bicyclic) bond motifs is 4. The van der Waals surface area contributed by atoms with E-state index in [0.717, 1.165) is 34.6 Å². The first-order valence-corrected chi connectivity index (χ1v) is 26.8.